The first-order chi connectivity index (χ1) is 15.3. The molecule has 1 aliphatic rings. The van der Waals surface area contributed by atoms with E-state index in [1.165, 1.54) is 53.4 Å². The number of hydrogen-bond acceptors (Lipinski definition) is 5. The number of amides is 1. The number of nitro groups is 1. The number of rotatable bonds is 4. The van der Waals surface area contributed by atoms with E-state index in [9.17, 15) is 29.2 Å². The lowest BCUT2D eigenvalue weighted by molar-refractivity contribution is -0.384. The molecule has 0 saturated carbocycles. The van der Waals surface area contributed by atoms with Gasteiger partial charge in [-0.15, -0.1) is 0 Å². The molecule has 160 valence electrons. The van der Waals surface area contributed by atoms with Crippen molar-refractivity contribution in [2.75, 3.05) is 4.90 Å². The first-order valence-corrected chi connectivity index (χ1v) is 9.72. The van der Waals surface area contributed by atoms with Gasteiger partial charge in [0.25, 0.3) is 17.4 Å². The summed E-state index contributed by atoms with van der Waals surface area (Å²) in [5.41, 5.74) is 0.457. The zero-order valence-corrected chi connectivity index (χ0v) is 17.0. The number of carbonyl (C=O) groups excluding carboxylic acids is 2. The fraction of sp³-hybridized carbons (Fsp3) is 0.0435. The van der Waals surface area contributed by atoms with Crippen LogP contribution in [0.4, 0.5) is 15.8 Å². The fourth-order valence-electron chi connectivity index (χ4n) is 3.56. The second-order valence-electron chi connectivity index (χ2n) is 7.00. The third kappa shape index (κ3) is 3.72. The molecule has 1 atom stereocenters. The Morgan fingerprint density at radius 2 is 1.56 bits per heavy atom. The topological polar surface area (TPSA) is 101 Å². The van der Waals surface area contributed by atoms with Crippen LogP contribution in [0.25, 0.3) is 5.76 Å². The summed E-state index contributed by atoms with van der Waals surface area (Å²) < 4.78 is 13.5. The molecular weight excluding hydrogens is 439 g/mol. The minimum atomic E-state index is -1.05. The molecule has 1 amide bonds. The van der Waals surface area contributed by atoms with Gasteiger partial charge in [0.1, 0.15) is 11.6 Å². The van der Waals surface area contributed by atoms with Gasteiger partial charge in [-0.2, -0.15) is 0 Å². The lowest BCUT2D eigenvalue weighted by atomic mass is 9.95. The molecule has 1 fully saturated rings. The fourth-order valence-corrected chi connectivity index (χ4v) is 3.68. The Morgan fingerprint density at radius 1 is 0.969 bits per heavy atom. The van der Waals surface area contributed by atoms with Crippen molar-refractivity contribution in [2.45, 2.75) is 6.04 Å². The molecule has 0 aromatic heterocycles. The number of anilines is 1. The Balaban J connectivity index is 1.90. The molecule has 1 saturated heterocycles. The summed E-state index contributed by atoms with van der Waals surface area (Å²) in [6, 6.07) is 15.3. The quantitative estimate of drug-likeness (QED) is 0.197. The number of non-ortho nitro benzene ring substituents is 1. The highest BCUT2D eigenvalue weighted by Crippen LogP contribution is 2.42. The van der Waals surface area contributed by atoms with Gasteiger partial charge >= 0.3 is 0 Å². The van der Waals surface area contributed by atoms with Crippen LogP contribution in [0.15, 0.2) is 78.4 Å². The predicted octanol–water partition coefficient (Wildman–Crippen LogP) is 5.01. The van der Waals surface area contributed by atoms with E-state index in [2.05, 4.69) is 0 Å². The van der Waals surface area contributed by atoms with Crippen LogP contribution in [0.3, 0.4) is 0 Å². The van der Waals surface area contributed by atoms with Gasteiger partial charge in [-0.05, 0) is 54.1 Å². The van der Waals surface area contributed by atoms with Crippen molar-refractivity contribution >= 4 is 40.4 Å². The minimum absolute atomic E-state index is 0.122. The summed E-state index contributed by atoms with van der Waals surface area (Å²) in [5.74, 6) is -2.83. The second kappa shape index (κ2) is 8.24. The zero-order valence-electron chi connectivity index (χ0n) is 16.2. The number of benzene rings is 3. The number of ketones is 1. The highest BCUT2D eigenvalue weighted by atomic mass is 35.5. The summed E-state index contributed by atoms with van der Waals surface area (Å²) in [4.78, 5) is 37.5. The number of carbonyl (C=O) groups is 2. The van der Waals surface area contributed by atoms with E-state index < -0.39 is 34.2 Å². The lowest BCUT2D eigenvalue weighted by Crippen LogP contribution is -2.29. The van der Waals surface area contributed by atoms with E-state index in [4.69, 9.17) is 11.6 Å². The van der Waals surface area contributed by atoms with E-state index in [0.717, 1.165) is 0 Å². The Bertz CT molecular complexity index is 1260. The lowest BCUT2D eigenvalue weighted by Gasteiger charge is -2.25. The maximum absolute atomic E-state index is 13.5. The average molecular weight is 453 g/mol. The van der Waals surface area contributed by atoms with Gasteiger partial charge in [0.15, 0.2) is 0 Å². The SMILES string of the molecule is O=C1C(=O)N(c2ccc(Cl)cc2)C(c2ccc(F)cc2)/C1=C(/O)c1ccc([N+](=O)[O-])cc1. The van der Waals surface area contributed by atoms with Crippen LogP contribution < -0.4 is 4.90 Å². The third-order valence-corrected chi connectivity index (χ3v) is 5.34. The molecule has 1 heterocycles. The molecule has 4 rings (SSSR count). The maximum Gasteiger partial charge on any atom is 0.300 e. The van der Waals surface area contributed by atoms with Gasteiger partial charge in [-0.25, -0.2) is 4.39 Å². The van der Waals surface area contributed by atoms with Crippen molar-refractivity contribution in [3.05, 3.63) is 110 Å². The maximum atomic E-state index is 13.5. The number of Topliss-reactive ketones (excluding diaryl/α,β-unsaturated/α-hetero) is 1. The van der Waals surface area contributed by atoms with Crippen molar-refractivity contribution in [1.82, 2.24) is 0 Å². The molecule has 0 radical (unpaired) electrons. The van der Waals surface area contributed by atoms with Gasteiger partial charge in [0, 0.05) is 28.4 Å². The van der Waals surface area contributed by atoms with Crippen molar-refractivity contribution in [3.8, 4) is 0 Å². The summed E-state index contributed by atoms with van der Waals surface area (Å²) in [7, 11) is 0. The molecule has 9 heteroatoms. The molecule has 0 bridgehead atoms. The molecule has 1 unspecified atom stereocenters. The molecule has 3 aromatic carbocycles. The molecule has 1 aliphatic heterocycles. The standard InChI is InChI=1S/C23H14ClFN2O5/c24-15-5-11-17(12-6-15)26-20(13-1-7-16(25)8-2-13)19(22(29)23(26)30)21(28)14-3-9-18(10-4-14)27(31)32/h1-12,20,28H/b21-19-. The van der Waals surface area contributed by atoms with Gasteiger partial charge in [-0.1, -0.05) is 23.7 Å². The van der Waals surface area contributed by atoms with E-state index >= 15 is 0 Å². The Labute approximate surface area is 186 Å². The monoisotopic (exact) mass is 452 g/mol. The molecule has 0 aliphatic carbocycles. The van der Waals surface area contributed by atoms with Crippen LogP contribution in [0.1, 0.15) is 17.2 Å². The number of aliphatic hydroxyl groups is 1. The van der Waals surface area contributed by atoms with Crippen molar-refractivity contribution in [2.24, 2.45) is 0 Å². The van der Waals surface area contributed by atoms with Gasteiger partial charge in [0.05, 0.1) is 16.5 Å². The molecule has 1 N–H and O–H groups in total. The predicted molar refractivity (Wildman–Crippen MR) is 116 cm³/mol. The highest BCUT2D eigenvalue weighted by Gasteiger charge is 2.47. The van der Waals surface area contributed by atoms with Gasteiger partial charge in [-0.3, -0.25) is 24.6 Å². The Morgan fingerprint density at radius 3 is 2.12 bits per heavy atom. The summed E-state index contributed by atoms with van der Waals surface area (Å²) in [6.07, 6.45) is 0. The van der Waals surface area contributed by atoms with Crippen LogP contribution in [0.2, 0.25) is 5.02 Å². The van der Waals surface area contributed by atoms with Gasteiger partial charge in [0.2, 0.25) is 0 Å². The Kier molecular flexibility index (Phi) is 5.46. The first kappa shape index (κ1) is 21.2. The number of halogens is 2. The summed E-state index contributed by atoms with van der Waals surface area (Å²) in [5, 5.41) is 22.3. The number of aliphatic hydroxyl groups excluding tert-OH is 1. The van der Waals surface area contributed by atoms with E-state index in [-0.39, 0.29) is 16.8 Å². The normalized spacial score (nSPS) is 17.6. The number of nitro benzene ring substituents is 1. The smallest absolute Gasteiger partial charge is 0.300 e. The highest BCUT2D eigenvalue weighted by molar-refractivity contribution is 6.51. The second-order valence-corrected chi connectivity index (χ2v) is 7.44. The number of nitrogens with zero attached hydrogens (tertiary/aromatic N) is 2. The number of hydrogen-bond donors (Lipinski definition) is 1. The van der Waals surface area contributed by atoms with Crippen LogP contribution in [0, 0.1) is 15.9 Å². The minimum Gasteiger partial charge on any atom is -0.507 e. The van der Waals surface area contributed by atoms with Crippen molar-refractivity contribution < 1.29 is 24.0 Å². The molecular formula is C23H14ClFN2O5. The summed E-state index contributed by atoms with van der Waals surface area (Å²) in [6.45, 7) is 0. The van der Waals surface area contributed by atoms with E-state index in [1.54, 1.807) is 24.3 Å². The van der Waals surface area contributed by atoms with Crippen LogP contribution in [-0.4, -0.2) is 21.7 Å². The van der Waals surface area contributed by atoms with E-state index in [0.29, 0.717) is 16.3 Å². The van der Waals surface area contributed by atoms with E-state index in [1.807, 2.05) is 0 Å². The Hall–Kier alpha value is -4.04. The van der Waals surface area contributed by atoms with Crippen LogP contribution in [-0.2, 0) is 9.59 Å². The molecule has 3 aromatic rings. The average Bonchev–Trinajstić information content (AvgIpc) is 3.05. The summed E-state index contributed by atoms with van der Waals surface area (Å²) >= 11 is 5.94. The third-order valence-electron chi connectivity index (χ3n) is 5.09. The van der Waals surface area contributed by atoms with Crippen molar-refractivity contribution in [3.63, 3.8) is 0 Å². The first-order valence-electron chi connectivity index (χ1n) is 9.35. The van der Waals surface area contributed by atoms with Crippen LogP contribution in [0.5, 0.6) is 0 Å². The van der Waals surface area contributed by atoms with Crippen LogP contribution >= 0.6 is 11.6 Å². The van der Waals surface area contributed by atoms with Gasteiger partial charge < -0.3 is 5.11 Å². The van der Waals surface area contributed by atoms with Crippen molar-refractivity contribution in [1.29, 1.82) is 0 Å². The molecule has 0 spiro atoms. The zero-order chi connectivity index (χ0) is 23.0. The molecule has 32 heavy (non-hydrogen) atoms. The molecule has 7 nitrogen and oxygen atoms in total. The largest absolute Gasteiger partial charge is 0.507 e.